The van der Waals surface area contributed by atoms with Crippen molar-refractivity contribution in [3.8, 4) is 11.5 Å². The van der Waals surface area contributed by atoms with Gasteiger partial charge in [-0.3, -0.25) is 24.6 Å². The zero-order chi connectivity index (χ0) is 23.9. The van der Waals surface area contributed by atoms with Crippen molar-refractivity contribution in [3.05, 3.63) is 53.1 Å². The third-order valence-corrected chi connectivity index (χ3v) is 7.12. The van der Waals surface area contributed by atoms with Gasteiger partial charge in [-0.2, -0.15) is 0 Å². The van der Waals surface area contributed by atoms with Gasteiger partial charge in [0.05, 0.1) is 11.8 Å². The van der Waals surface area contributed by atoms with Crippen LogP contribution in [0.4, 0.5) is 5.69 Å². The lowest BCUT2D eigenvalue weighted by Crippen LogP contribution is -2.56. The van der Waals surface area contributed by atoms with Crippen LogP contribution in [0.3, 0.4) is 0 Å². The molecule has 4 atom stereocenters. The number of carbonyl (C=O) groups is 3. The summed E-state index contributed by atoms with van der Waals surface area (Å²) < 4.78 is 0. The summed E-state index contributed by atoms with van der Waals surface area (Å²) in [5.74, 6) is -3.13. The van der Waals surface area contributed by atoms with Crippen molar-refractivity contribution in [1.29, 1.82) is 0 Å². The quantitative estimate of drug-likeness (QED) is 0.412. The predicted molar refractivity (Wildman–Crippen MR) is 120 cm³/mol. The molecule has 0 radical (unpaired) electrons. The number of benzene rings is 2. The molecule has 4 unspecified atom stereocenters. The lowest BCUT2D eigenvalue weighted by Gasteiger charge is -2.34. The van der Waals surface area contributed by atoms with Crippen LogP contribution in [0.1, 0.15) is 37.5 Å². The summed E-state index contributed by atoms with van der Waals surface area (Å²) in [5, 5.41) is 26.0. The number of fused-ring (bicyclic) bond motifs is 4. The highest BCUT2D eigenvalue weighted by molar-refractivity contribution is 6.15. The first-order valence-electron chi connectivity index (χ1n) is 11.0. The number of aromatic hydroxyl groups is 2. The van der Waals surface area contributed by atoms with E-state index in [0.29, 0.717) is 23.2 Å². The number of likely N-dealkylation sites (tertiary alicyclic amines) is 1. The monoisotopic (exact) mass is 449 g/mol. The minimum atomic E-state index is -1.36. The lowest BCUT2D eigenvalue weighted by molar-refractivity contribution is -0.147. The molecular weight excluding hydrogens is 422 g/mol. The molecule has 0 saturated carbocycles. The number of carbonyl (C=O) groups excluding carboxylic acids is 3. The van der Waals surface area contributed by atoms with Crippen LogP contribution in [-0.2, 0) is 26.3 Å². The molecule has 4 N–H and O–H groups in total. The Bertz CT molecular complexity index is 1220. The summed E-state index contributed by atoms with van der Waals surface area (Å²) in [6.45, 7) is 7.32. The zero-order valence-electron chi connectivity index (χ0n) is 19.0. The Morgan fingerprint density at radius 1 is 1.03 bits per heavy atom. The number of amides is 3. The average Bonchev–Trinajstić information content (AvgIpc) is 3.30. The fourth-order valence-corrected chi connectivity index (χ4v) is 5.76. The van der Waals surface area contributed by atoms with Crippen LogP contribution in [-0.4, -0.2) is 44.4 Å². The minimum Gasteiger partial charge on any atom is -0.504 e. The fraction of sp³-hybridized carbons (Fsp3) is 0.400. The van der Waals surface area contributed by atoms with Gasteiger partial charge in [-0.05, 0) is 57.4 Å². The van der Waals surface area contributed by atoms with E-state index >= 15 is 0 Å². The van der Waals surface area contributed by atoms with Gasteiger partial charge in [-0.15, -0.1) is 0 Å². The summed E-state index contributed by atoms with van der Waals surface area (Å²) in [5.41, 5.74) is 0.818. The number of anilines is 1. The Morgan fingerprint density at radius 2 is 1.76 bits per heavy atom. The number of rotatable bonds is 2. The standard InChI is InChI=1S/C25H27N3O5/c1-12-6-5-7-14-20(12)26-23(33)25(14)19-18(21(31)28(22(19)32)24(2,3)4)15(27-25)10-13-8-9-16(29)17(30)11-13/h5-9,11,15,18-19,27,29-30H,10H2,1-4H3,(H,26,33). The molecule has 2 fully saturated rings. The second-order valence-corrected chi connectivity index (χ2v) is 10.2. The number of phenolic OH excluding ortho intramolecular Hbond substituents is 2. The molecule has 5 rings (SSSR count). The van der Waals surface area contributed by atoms with Gasteiger partial charge in [0, 0.05) is 22.8 Å². The second kappa shape index (κ2) is 6.81. The maximum atomic E-state index is 13.8. The van der Waals surface area contributed by atoms with Crippen LogP contribution in [0.15, 0.2) is 36.4 Å². The molecule has 8 nitrogen and oxygen atoms in total. The summed E-state index contributed by atoms with van der Waals surface area (Å²) in [6.07, 6.45) is 0.294. The van der Waals surface area contributed by atoms with E-state index in [9.17, 15) is 24.6 Å². The van der Waals surface area contributed by atoms with E-state index in [-0.39, 0.29) is 29.2 Å². The van der Waals surface area contributed by atoms with E-state index in [1.807, 2.05) is 45.9 Å². The molecule has 3 amide bonds. The van der Waals surface area contributed by atoms with Crippen molar-refractivity contribution in [2.24, 2.45) is 11.8 Å². The highest BCUT2D eigenvalue weighted by atomic mass is 16.3. The van der Waals surface area contributed by atoms with Crippen molar-refractivity contribution in [2.45, 2.75) is 51.2 Å². The molecule has 8 heteroatoms. The average molecular weight is 450 g/mol. The number of hydrogen-bond acceptors (Lipinski definition) is 6. The molecule has 2 aromatic rings. The zero-order valence-corrected chi connectivity index (χ0v) is 19.0. The van der Waals surface area contributed by atoms with Gasteiger partial charge >= 0.3 is 0 Å². The van der Waals surface area contributed by atoms with Crippen molar-refractivity contribution in [3.63, 3.8) is 0 Å². The number of imide groups is 1. The van der Waals surface area contributed by atoms with Crippen molar-refractivity contribution in [1.82, 2.24) is 10.2 Å². The van der Waals surface area contributed by atoms with Crippen LogP contribution >= 0.6 is 0 Å². The largest absolute Gasteiger partial charge is 0.504 e. The maximum Gasteiger partial charge on any atom is 0.250 e. The maximum absolute atomic E-state index is 13.8. The summed E-state index contributed by atoms with van der Waals surface area (Å²) in [6, 6.07) is 9.53. The van der Waals surface area contributed by atoms with E-state index in [1.54, 1.807) is 6.07 Å². The lowest BCUT2D eigenvalue weighted by atomic mass is 9.76. The number of hydrogen-bond donors (Lipinski definition) is 4. The highest BCUT2D eigenvalue weighted by Gasteiger charge is 2.71. The van der Waals surface area contributed by atoms with Gasteiger partial charge in [0.25, 0.3) is 0 Å². The van der Waals surface area contributed by atoms with Gasteiger partial charge in [-0.25, -0.2) is 0 Å². The number of nitrogens with zero attached hydrogens (tertiary/aromatic N) is 1. The molecule has 3 aliphatic rings. The molecule has 0 bridgehead atoms. The SMILES string of the molecule is Cc1cccc2c1NC(=O)C21NC(Cc2ccc(O)c(O)c2)C2C(=O)N(C(C)(C)C)C(=O)C21. The van der Waals surface area contributed by atoms with Crippen LogP contribution < -0.4 is 10.6 Å². The first-order chi connectivity index (χ1) is 15.5. The van der Waals surface area contributed by atoms with Crippen LogP contribution in [0.5, 0.6) is 11.5 Å². The summed E-state index contributed by atoms with van der Waals surface area (Å²) in [4.78, 5) is 42.2. The Labute approximate surface area is 191 Å². The Hall–Kier alpha value is -3.39. The normalized spacial score (nSPS) is 28.4. The van der Waals surface area contributed by atoms with Gasteiger partial charge in [-0.1, -0.05) is 24.3 Å². The Balaban J connectivity index is 1.66. The smallest absolute Gasteiger partial charge is 0.250 e. The van der Waals surface area contributed by atoms with Crippen molar-refractivity contribution >= 4 is 23.4 Å². The molecule has 0 aromatic heterocycles. The third-order valence-electron chi connectivity index (χ3n) is 7.12. The molecule has 33 heavy (non-hydrogen) atoms. The Kier molecular flexibility index (Phi) is 4.42. The predicted octanol–water partition coefficient (Wildman–Crippen LogP) is 2.17. The molecule has 1 spiro atoms. The molecule has 0 aliphatic carbocycles. The van der Waals surface area contributed by atoms with E-state index in [4.69, 9.17) is 0 Å². The molecule has 2 saturated heterocycles. The van der Waals surface area contributed by atoms with E-state index in [1.165, 1.54) is 17.0 Å². The Morgan fingerprint density at radius 3 is 2.42 bits per heavy atom. The van der Waals surface area contributed by atoms with E-state index in [0.717, 1.165) is 5.56 Å². The highest BCUT2D eigenvalue weighted by Crippen LogP contribution is 2.54. The van der Waals surface area contributed by atoms with Gasteiger partial charge in [0.2, 0.25) is 17.7 Å². The summed E-state index contributed by atoms with van der Waals surface area (Å²) >= 11 is 0. The van der Waals surface area contributed by atoms with Crippen LogP contribution in [0, 0.1) is 18.8 Å². The first-order valence-corrected chi connectivity index (χ1v) is 11.0. The van der Waals surface area contributed by atoms with Gasteiger partial charge in [0.1, 0.15) is 5.54 Å². The van der Waals surface area contributed by atoms with Crippen molar-refractivity contribution < 1.29 is 24.6 Å². The van der Waals surface area contributed by atoms with Gasteiger partial charge < -0.3 is 15.5 Å². The molecular formula is C25H27N3O5. The third kappa shape index (κ3) is 2.83. The minimum absolute atomic E-state index is 0.238. The second-order valence-electron chi connectivity index (χ2n) is 10.2. The van der Waals surface area contributed by atoms with Crippen molar-refractivity contribution in [2.75, 3.05) is 5.32 Å². The number of aryl methyl sites for hydroxylation is 1. The molecule has 3 heterocycles. The number of para-hydroxylation sites is 1. The topological polar surface area (TPSA) is 119 Å². The van der Waals surface area contributed by atoms with Crippen LogP contribution in [0.25, 0.3) is 0 Å². The molecule has 2 aromatic carbocycles. The van der Waals surface area contributed by atoms with E-state index < -0.39 is 29.0 Å². The number of phenols is 2. The molecule has 3 aliphatic heterocycles. The number of nitrogens with one attached hydrogen (secondary N) is 2. The first kappa shape index (κ1) is 21.5. The van der Waals surface area contributed by atoms with E-state index in [2.05, 4.69) is 10.6 Å². The van der Waals surface area contributed by atoms with Crippen LogP contribution in [0.2, 0.25) is 0 Å². The van der Waals surface area contributed by atoms with Gasteiger partial charge in [0.15, 0.2) is 11.5 Å². The molecule has 172 valence electrons. The summed E-state index contributed by atoms with van der Waals surface area (Å²) in [7, 11) is 0. The fourth-order valence-electron chi connectivity index (χ4n) is 5.76.